The number of hydrogen-bond acceptors (Lipinski definition) is 0. The third kappa shape index (κ3) is 9.49. The molecular weight excluding hydrogens is 394 g/mol. The molecule has 0 atom stereocenters. The van der Waals surface area contributed by atoms with Crippen molar-refractivity contribution in [2.45, 2.75) is 0 Å². The van der Waals surface area contributed by atoms with Gasteiger partial charge < -0.3 is 0 Å². The summed E-state index contributed by atoms with van der Waals surface area (Å²) in [6.45, 7) is 0. The van der Waals surface area contributed by atoms with Crippen LogP contribution in [0.2, 0.25) is 0 Å². The zero-order valence-corrected chi connectivity index (χ0v) is 7.16. The van der Waals surface area contributed by atoms with Gasteiger partial charge in [-0.25, -0.2) is 0 Å². The molecule has 0 unspecified atom stereocenters. The molecule has 1 radical (unpaired) electrons. The molecule has 17 valence electrons. The Morgan fingerprint density at radius 1 is 1.00 bits per heavy atom. The summed E-state index contributed by atoms with van der Waals surface area (Å²) in [5.41, 5.74) is 0. The molecule has 0 amide bonds. The molecular formula is H5AlBaLaZr. The number of hydrogen-bond donors (Lipinski definition) is 0. The minimum atomic E-state index is 0. The summed E-state index contributed by atoms with van der Waals surface area (Å²) in [7, 11) is 0. The van der Waals surface area contributed by atoms with Crippen molar-refractivity contribution < 1.29 is 61.8 Å². The molecule has 0 aliphatic carbocycles. The zero-order chi connectivity index (χ0) is 0. The van der Waals surface area contributed by atoms with Crippen LogP contribution in [-0.4, -0.2) is 66.2 Å². The van der Waals surface area contributed by atoms with Crippen LogP contribution in [0.3, 0.4) is 0 Å². The van der Waals surface area contributed by atoms with Crippen LogP contribution < -0.4 is 0 Å². The second-order valence-corrected chi connectivity index (χ2v) is 0. The molecule has 0 aromatic carbocycles. The fourth-order valence-corrected chi connectivity index (χ4v) is 0. The summed E-state index contributed by atoms with van der Waals surface area (Å²) in [5, 5.41) is 0. The van der Waals surface area contributed by atoms with Crippen molar-refractivity contribution in [1.29, 1.82) is 0 Å². The molecule has 0 heterocycles. The van der Waals surface area contributed by atoms with Crippen molar-refractivity contribution >= 4 is 66.2 Å². The molecule has 0 saturated heterocycles. The van der Waals surface area contributed by atoms with Crippen LogP contribution in [0.25, 0.3) is 0 Å². The Balaban J connectivity index is 0. The molecule has 0 aliphatic heterocycles. The maximum Gasteiger partial charge on any atom is 0 e. The van der Waals surface area contributed by atoms with E-state index in [2.05, 4.69) is 0 Å². The minimum absolute atomic E-state index is 0. The summed E-state index contributed by atoms with van der Waals surface area (Å²) >= 11 is 0. The van der Waals surface area contributed by atoms with Crippen LogP contribution in [0.1, 0.15) is 0 Å². The Bertz CT molecular complexity index is 8.00. The van der Waals surface area contributed by atoms with E-state index in [4.69, 9.17) is 0 Å². The molecule has 0 rings (SSSR count). The van der Waals surface area contributed by atoms with Gasteiger partial charge in [0.15, 0.2) is 17.4 Å². The van der Waals surface area contributed by atoms with Gasteiger partial charge in [0.25, 0.3) is 0 Å². The molecule has 0 aromatic heterocycles. The van der Waals surface area contributed by atoms with Gasteiger partial charge in [0.1, 0.15) is 0 Å². The van der Waals surface area contributed by atoms with E-state index in [9.17, 15) is 0 Å². The fraction of sp³-hybridized carbons (Fsp3) is 0. The second kappa shape index (κ2) is 15.7. The van der Waals surface area contributed by atoms with Crippen LogP contribution >= 0.6 is 0 Å². The first-order chi connectivity index (χ1) is 0. The predicted molar refractivity (Wildman–Crippen MR) is 18.5 cm³/mol. The SMILES string of the molecule is [AlH3].[BaH2].[La].[Zr]. The van der Waals surface area contributed by atoms with Gasteiger partial charge >= 0.3 is 48.9 Å². The normalized spacial score (nSPS) is 0. The summed E-state index contributed by atoms with van der Waals surface area (Å²) in [5.74, 6) is 0. The zero-order valence-electron chi connectivity index (χ0n) is 1.08. The van der Waals surface area contributed by atoms with Gasteiger partial charge in [-0.15, -0.1) is 0 Å². The molecule has 4 heteroatoms. The second-order valence-electron chi connectivity index (χ2n) is 0. The van der Waals surface area contributed by atoms with E-state index in [0.717, 1.165) is 0 Å². The van der Waals surface area contributed by atoms with Crippen molar-refractivity contribution in [2.24, 2.45) is 0 Å². The van der Waals surface area contributed by atoms with E-state index in [-0.39, 0.29) is 128 Å². The third-order valence-electron chi connectivity index (χ3n) is 0. The molecule has 0 spiro atoms. The Morgan fingerprint density at radius 2 is 1.00 bits per heavy atom. The van der Waals surface area contributed by atoms with Gasteiger partial charge in [-0.1, -0.05) is 0 Å². The van der Waals surface area contributed by atoms with Gasteiger partial charge in [-0.2, -0.15) is 0 Å². The molecule has 0 nitrogen and oxygen atoms in total. The van der Waals surface area contributed by atoms with E-state index < -0.39 is 0 Å². The van der Waals surface area contributed by atoms with E-state index >= 15 is 0 Å². The van der Waals surface area contributed by atoms with Crippen LogP contribution in [0.5, 0.6) is 0 Å². The first kappa shape index (κ1) is 24.1. The van der Waals surface area contributed by atoms with Crippen LogP contribution in [-0.2, 0) is 26.2 Å². The van der Waals surface area contributed by atoms with Crippen LogP contribution in [0.15, 0.2) is 0 Å². The van der Waals surface area contributed by atoms with E-state index in [1.807, 2.05) is 0 Å². The minimum Gasteiger partial charge on any atom is 0 e. The molecule has 0 N–H and O–H groups in total. The van der Waals surface area contributed by atoms with E-state index in [0.29, 0.717) is 0 Å². The summed E-state index contributed by atoms with van der Waals surface area (Å²) in [4.78, 5) is 0. The van der Waals surface area contributed by atoms with Crippen molar-refractivity contribution in [3.8, 4) is 0 Å². The monoisotopic (exact) mass is 399 g/mol. The molecule has 0 aromatic rings. The van der Waals surface area contributed by atoms with Crippen molar-refractivity contribution in [1.82, 2.24) is 0 Å². The molecule has 4 heavy (non-hydrogen) atoms. The topological polar surface area (TPSA) is 0 Å². The molecule has 0 fully saturated rings. The summed E-state index contributed by atoms with van der Waals surface area (Å²) in [6.07, 6.45) is 0. The molecule has 0 saturated carbocycles. The van der Waals surface area contributed by atoms with Crippen LogP contribution in [0, 0.1) is 35.6 Å². The Morgan fingerprint density at radius 3 is 1.00 bits per heavy atom. The quantitative estimate of drug-likeness (QED) is 0.410. The Kier molecular flexibility index (Phi) is 94.7. The molecule has 0 bridgehead atoms. The van der Waals surface area contributed by atoms with Gasteiger partial charge in [-0.05, 0) is 0 Å². The number of rotatable bonds is 0. The Labute approximate surface area is 124 Å². The first-order valence-corrected chi connectivity index (χ1v) is 0. The maximum absolute atomic E-state index is 0. The largest absolute Gasteiger partial charge is 0 e. The summed E-state index contributed by atoms with van der Waals surface area (Å²) in [6, 6.07) is 0. The smallest absolute Gasteiger partial charge is 0 e. The first-order valence-electron chi connectivity index (χ1n) is 0. The third-order valence-corrected chi connectivity index (χ3v) is 0. The van der Waals surface area contributed by atoms with E-state index in [1.165, 1.54) is 0 Å². The van der Waals surface area contributed by atoms with Gasteiger partial charge in [0.05, 0.1) is 0 Å². The summed E-state index contributed by atoms with van der Waals surface area (Å²) < 4.78 is 0. The van der Waals surface area contributed by atoms with E-state index in [1.54, 1.807) is 0 Å². The van der Waals surface area contributed by atoms with Gasteiger partial charge in [0, 0.05) is 61.8 Å². The average molecular weight is 399 g/mol. The fourth-order valence-electron chi connectivity index (χ4n) is 0. The van der Waals surface area contributed by atoms with Gasteiger partial charge in [0.2, 0.25) is 0 Å². The van der Waals surface area contributed by atoms with Crippen molar-refractivity contribution in [3.05, 3.63) is 0 Å². The van der Waals surface area contributed by atoms with Crippen molar-refractivity contribution in [3.63, 3.8) is 0 Å². The standard InChI is InChI=1S/Al.Ba.La.Zr.5H. The van der Waals surface area contributed by atoms with Crippen LogP contribution in [0.4, 0.5) is 0 Å². The molecule has 0 aliphatic rings. The predicted octanol–water partition coefficient (Wildman–Crippen LogP) is -2.10. The van der Waals surface area contributed by atoms with Gasteiger partial charge in [-0.3, -0.25) is 0 Å². The maximum atomic E-state index is 0. The Hall–Kier alpha value is 4.18. The van der Waals surface area contributed by atoms with Crippen molar-refractivity contribution in [2.75, 3.05) is 0 Å². The average Bonchev–Trinajstić information content (AvgIpc) is 0.